The molecule has 9 nitrogen and oxygen atoms in total. The molecule has 0 unspecified atom stereocenters. The first kappa shape index (κ1) is 25.0. The molecule has 35 heavy (non-hydrogen) atoms. The minimum absolute atomic E-state index is 0.0143. The van der Waals surface area contributed by atoms with Crippen LogP contribution in [-0.2, 0) is 4.79 Å². The van der Waals surface area contributed by atoms with Gasteiger partial charge in [0.05, 0.1) is 11.3 Å². The minimum atomic E-state index is -0.674. The number of hydrogen-bond donors (Lipinski definition) is 4. The molecule has 0 aliphatic carbocycles. The molecule has 2 aromatic heterocycles. The number of rotatable bonds is 8. The molecule has 4 N–H and O–H groups in total. The summed E-state index contributed by atoms with van der Waals surface area (Å²) in [5.41, 5.74) is 0.982. The Morgan fingerprint density at radius 1 is 1.20 bits per heavy atom. The summed E-state index contributed by atoms with van der Waals surface area (Å²) in [5.74, 6) is 2.55. The first-order chi connectivity index (χ1) is 16.7. The van der Waals surface area contributed by atoms with E-state index in [9.17, 15) is 9.90 Å². The van der Waals surface area contributed by atoms with Crippen LogP contribution in [0, 0.1) is 12.8 Å². The van der Waals surface area contributed by atoms with E-state index in [4.69, 9.17) is 9.97 Å². The Balaban J connectivity index is 1.55. The second-order valence-corrected chi connectivity index (χ2v) is 10.4. The van der Waals surface area contributed by atoms with Gasteiger partial charge in [-0.25, -0.2) is 9.97 Å². The van der Waals surface area contributed by atoms with Gasteiger partial charge in [0.2, 0.25) is 5.91 Å². The van der Waals surface area contributed by atoms with Crippen molar-refractivity contribution in [2.45, 2.75) is 62.6 Å². The highest BCUT2D eigenvalue weighted by Gasteiger charge is 2.31. The summed E-state index contributed by atoms with van der Waals surface area (Å²) in [6, 6.07) is 11.5. The summed E-state index contributed by atoms with van der Waals surface area (Å²) in [7, 11) is 0. The fourth-order valence-corrected chi connectivity index (χ4v) is 4.85. The van der Waals surface area contributed by atoms with Crippen LogP contribution in [0.25, 0.3) is 0 Å². The van der Waals surface area contributed by atoms with E-state index in [1.54, 1.807) is 0 Å². The van der Waals surface area contributed by atoms with Crippen LogP contribution >= 0.6 is 11.8 Å². The van der Waals surface area contributed by atoms with Crippen LogP contribution in [0.4, 0.5) is 23.1 Å². The SMILES string of the molecule is CCC(=O)Nc1ccc(Sc2nc(Nc3cc(C)n[nH]3)cc(N3CCC(C(C)(C)O)CC3)n2)cc1. The third-order valence-corrected chi connectivity index (χ3v) is 7.02. The Morgan fingerprint density at radius 3 is 2.51 bits per heavy atom. The summed E-state index contributed by atoms with van der Waals surface area (Å²) < 4.78 is 0. The first-order valence-corrected chi connectivity index (χ1v) is 12.7. The van der Waals surface area contributed by atoms with Crippen molar-refractivity contribution >= 4 is 40.8 Å². The molecule has 3 heterocycles. The number of H-pyrrole nitrogens is 1. The zero-order valence-electron chi connectivity index (χ0n) is 20.6. The second kappa shape index (κ2) is 10.7. The van der Waals surface area contributed by atoms with Crippen molar-refractivity contribution in [2.24, 2.45) is 5.92 Å². The van der Waals surface area contributed by atoms with Gasteiger partial charge in [-0.1, -0.05) is 6.92 Å². The highest BCUT2D eigenvalue weighted by molar-refractivity contribution is 7.99. The van der Waals surface area contributed by atoms with Crippen LogP contribution in [0.3, 0.4) is 0 Å². The van der Waals surface area contributed by atoms with Gasteiger partial charge in [0.25, 0.3) is 0 Å². The Kier molecular flexibility index (Phi) is 7.61. The monoisotopic (exact) mass is 495 g/mol. The third kappa shape index (κ3) is 6.73. The number of benzene rings is 1. The summed E-state index contributed by atoms with van der Waals surface area (Å²) in [6.07, 6.45) is 2.25. The number of aryl methyl sites for hydroxylation is 1. The quantitative estimate of drug-likeness (QED) is 0.331. The van der Waals surface area contributed by atoms with E-state index in [1.807, 2.05) is 64.1 Å². The molecule has 10 heteroatoms. The maximum atomic E-state index is 11.6. The lowest BCUT2D eigenvalue weighted by Crippen LogP contribution is -2.42. The van der Waals surface area contributed by atoms with Crippen molar-refractivity contribution < 1.29 is 9.90 Å². The predicted molar refractivity (Wildman–Crippen MR) is 139 cm³/mol. The number of aromatic nitrogens is 4. The molecule has 0 atom stereocenters. The zero-order valence-corrected chi connectivity index (χ0v) is 21.4. The van der Waals surface area contributed by atoms with E-state index in [2.05, 4.69) is 25.7 Å². The summed E-state index contributed by atoms with van der Waals surface area (Å²) in [4.78, 5) is 24.4. The van der Waals surface area contributed by atoms with Gasteiger partial charge < -0.3 is 20.6 Å². The molecular weight excluding hydrogens is 462 g/mol. The highest BCUT2D eigenvalue weighted by atomic mass is 32.2. The van der Waals surface area contributed by atoms with E-state index in [0.29, 0.717) is 17.4 Å². The number of carbonyl (C=O) groups is 1. The molecule has 3 aromatic rings. The van der Waals surface area contributed by atoms with E-state index >= 15 is 0 Å². The number of aromatic amines is 1. The number of anilines is 4. The zero-order chi connectivity index (χ0) is 25.0. The Labute approximate surface area is 210 Å². The Bertz CT molecular complexity index is 1150. The molecule has 0 saturated carbocycles. The topological polar surface area (TPSA) is 119 Å². The Hall–Kier alpha value is -3.11. The van der Waals surface area contributed by atoms with Crippen LogP contribution in [0.15, 0.2) is 46.5 Å². The van der Waals surface area contributed by atoms with Crippen LogP contribution in [-0.4, -0.2) is 49.9 Å². The predicted octanol–water partition coefficient (Wildman–Crippen LogP) is 4.74. The van der Waals surface area contributed by atoms with Gasteiger partial charge in [0, 0.05) is 42.2 Å². The lowest BCUT2D eigenvalue weighted by Gasteiger charge is -2.38. The molecule has 1 fully saturated rings. The molecule has 0 radical (unpaired) electrons. The van der Waals surface area contributed by atoms with Crippen molar-refractivity contribution in [1.29, 1.82) is 0 Å². The van der Waals surface area contributed by atoms with E-state index in [0.717, 1.165) is 53.8 Å². The number of nitrogens with zero attached hydrogens (tertiary/aromatic N) is 4. The standard InChI is InChI=1S/C25H33N7O2S/c1-5-23(33)26-18-6-8-19(9-7-18)35-24-28-20(27-21-14-16(2)30-31-21)15-22(29-24)32-12-10-17(11-13-32)25(3,4)34/h6-9,14-15,17,34H,5,10-13H2,1-4H3,(H,26,33)(H2,27,28,29,30,31). The fraction of sp³-hybridized carbons (Fsp3) is 0.440. The molecule has 1 saturated heterocycles. The Morgan fingerprint density at radius 2 is 1.91 bits per heavy atom. The molecular formula is C25H33N7O2S. The fourth-order valence-electron chi connectivity index (χ4n) is 4.08. The van der Waals surface area contributed by atoms with Gasteiger partial charge in [-0.2, -0.15) is 5.10 Å². The van der Waals surface area contributed by atoms with Gasteiger partial charge in [-0.05, 0) is 75.6 Å². The molecule has 0 spiro atoms. The van der Waals surface area contributed by atoms with E-state index < -0.39 is 5.60 Å². The number of amides is 1. The third-order valence-electron chi connectivity index (χ3n) is 6.15. The smallest absolute Gasteiger partial charge is 0.224 e. The van der Waals surface area contributed by atoms with Crippen LogP contribution in [0.2, 0.25) is 0 Å². The maximum absolute atomic E-state index is 11.6. The largest absolute Gasteiger partial charge is 0.390 e. The van der Waals surface area contributed by atoms with Crippen molar-refractivity contribution in [1.82, 2.24) is 20.2 Å². The lowest BCUT2D eigenvalue weighted by molar-refractivity contribution is -0.115. The maximum Gasteiger partial charge on any atom is 0.224 e. The van der Waals surface area contributed by atoms with Crippen LogP contribution < -0.4 is 15.5 Å². The van der Waals surface area contributed by atoms with Gasteiger partial charge >= 0.3 is 0 Å². The lowest BCUT2D eigenvalue weighted by atomic mass is 9.83. The summed E-state index contributed by atoms with van der Waals surface area (Å²) in [6.45, 7) is 9.18. The summed E-state index contributed by atoms with van der Waals surface area (Å²) in [5, 5.41) is 24.3. The normalized spacial score (nSPS) is 14.7. The molecule has 0 bridgehead atoms. The van der Waals surface area contributed by atoms with Gasteiger partial charge in [-0.15, -0.1) is 0 Å². The molecule has 186 valence electrons. The van der Waals surface area contributed by atoms with Gasteiger partial charge in [0.15, 0.2) is 5.16 Å². The minimum Gasteiger partial charge on any atom is -0.390 e. The highest BCUT2D eigenvalue weighted by Crippen LogP contribution is 2.33. The molecule has 1 aliphatic heterocycles. The average Bonchev–Trinajstić information content (AvgIpc) is 3.24. The number of hydrogen-bond acceptors (Lipinski definition) is 8. The average molecular weight is 496 g/mol. The van der Waals surface area contributed by atoms with Crippen molar-refractivity contribution in [3.8, 4) is 0 Å². The number of piperidine rings is 1. The second-order valence-electron chi connectivity index (χ2n) is 9.39. The van der Waals surface area contributed by atoms with Crippen LogP contribution in [0.5, 0.6) is 0 Å². The molecule has 1 amide bonds. The van der Waals surface area contributed by atoms with Gasteiger partial charge in [-0.3, -0.25) is 9.89 Å². The first-order valence-electron chi connectivity index (χ1n) is 11.9. The van der Waals surface area contributed by atoms with Gasteiger partial charge in [0.1, 0.15) is 17.5 Å². The molecule has 4 rings (SSSR count). The van der Waals surface area contributed by atoms with E-state index in [1.165, 1.54) is 11.8 Å². The molecule has 1 aliphatic rings. The van der Waals surface area contributed by atoms with Crippen LogP contribution in [0.1, 0.15) is 45.7 Å². The van der Waals surface area contributed by atoms with Crippen molar-refractivity contribution in [3.05, 3.63) is 42.1 Å². The summed E-state index contributed by atoms with van der Waals surface area (Å²) >= 11 is 1.47. The van der Waals surface area contributed by atoms with E-state index in [-0.39, 0.29) is 11.8 Å². The van der Waals surface area contributed by atoms with Crippen molar-refractivity contribution in [3.63, 3.8) is 0 Å². The number of aliphatic hydroxyl groups is 1. The number of nitrogens with one attached hydrogen (secondary N) is 3. The van der Waals surface area contributed by atoms with Crippen molar-refractivity contribution in [2.75, 3.05) is 28.6 Å². The number of carbonyl (C=O) groups excluding carboxylic acids is 1. The molecule has 1 aromatic carbocycles.